The summed E-state index contributed by atoms with van der Waals surface area (Å²) in [4.78, 5) is 4.77. The van der Waals surface area contributed by atoms with E-state index in [0.29, 0.717) is 15.7 Å². The predicted octanol–water partition coefficient (Wildman–Crippen LogP) is 9.49. The second-order valence-corrected chi connectivity index (χ2v) is 13.1. The number of hydrogen-bond donors (Lipinski definition) is 1. The number of aliphatic hydroxyl groups is 1. The Morgan fingerprint density at radius 2 is 1.79 bits per heavy atom. The van der Waals surface area contributed by atoms with Gasteiger partial charge < -0.3 is 5.11 Å². The molecule has 1 atom stereocenters. The minimum Gasteiger partial charge on any atom is -0.386 e. The van der Waals surface area contributed by atoms with Crippen LogP contribution in [0.3, 0.4) is 0 Å². The van der Waals surface area contributed by atoms with Gasteiger partial charge in [0.25, 0.3) is 0 Å². The first-order valence-electron chi connectivity index (χ1n) is 13.5. The first-order chi connectivity index (χ1) is 18.2. The first kappa shape index (κ1) is 27.0. The van der Waals surface area contributed by atoms with Crippen LogP contribution in [0, 0.1) is 5.41 Å². The Kier molecular flexibility index (Phi) is 8.00. The van der Waals surface area contributed by atoms with E-state index in [1.807, 2.05) is 44.2 Å². The maximum atomic E-state index is 10.7. The molecular formula is C34H36ClNOS. The highest BCUT2D eigenvalue weighted by Gasteiger charge is 2.37. The van der Waals surface area contributed by atoms with E-state index in [9.17, 15) is 5.11 Å². The average Bonchev–Trinajstić information content (AvgIpc) is 3.64. The smallest absolute Gasteiger partial charge is 0.0843 e. The Morgan fingerprint density at radius 3 is 2.58 bits per heavy atom. The van der Waals surface area contributed by atoms with Crippen LogP contribution in [0.15, 0.2) is 78.9 Å². The number of halogens is 1. The molecule has 1 aromatic heterocycles. The van der Waals surface area contributed by atoms with Crippen LogP contribution in [0.5, 0.6) is 0 Å². The van der Waals surface area contributed by atoms with Crippen molar-refractivity contribution in [1.29, 1.82) is 0 Å². The minimum atomic E-state index is -0.840. The molecule has 1 saturated carbocycles. The molecule has 0 bridgehead atoms. The lowest BCUT2D eigenvalue weighted by Crippen LogP contribution is -2.18. The normalized spacial score (nSPS) is 15.7. The number of thioether (sulfide) groups is 1. The van der Waals surface area contributed by atoms with Gasteiger partial charge in [0, 0.05) is 15.7 Å². The molecule has 4 aromatic rings. The van der Waals surface area contributed by atoms with Crippen molar-refractivity contribution in [2.75, 3.05) is 5.75 Å². The van der Waals surface area contributed by atoms with E-state index < -0.39 is 5.60 Å². The summed E-state index contributed by atoms with van der Waals surface area (Å²) in [7, 11) is 0. The van der Waals surface area contributed by atoms with E-state index in [4.69, 9.17) is 16.6 Å². The largest absolute Gasteiger partial charge is 0.386 e. The molecule has 1 fully saturated rings. The Bertz CT molecular complexity index is 1450. The van der Waals surface area contributed by atoms with Gasteiger partial charge in [0.05, 0.1) is 16.8 Å². The van der Waals surface area contributed by atoms with Gasteiger partial charge in [-0.15, -0.1) is 0 Å². The van der Waals surface area contributed by atoms with E-state index in [1.54, 1.807) is 0 Å². The van der Waals surface area contributed by atoms with E-state index >= 15 is 0 Å². The molecule has 38 heavy (non-hydrogen) atoms. The summed E-state index contributed by atoms with van der Waals surface area (Å²) >= 11 is 8.26. The van der Waals surface area contributed by atoms with Gasteiger partial charge in [-0.1, -0.05) is 85.3 Å². The van der Waals surface area contributed by atoms with Gasteiger partial charge in [-0.3, -0.25) is 0 Å². The lowest BCUT2D eigenvalue weighted by molar-refractivity contribution is 0.0776. The maximum Gasteiger partial charge on any atom is 0.0843 e. The van der Waals surface area contributed by atoms with Crippen LogP contribution >= 0.6 is 23.4 Å². The predicted molar refractivity (Wildman–Crippen MR) is 165 cm³/mol. The average molecular weight is 542 g/mol. The summed E-state index contributed by atoms with van der Waals surface area (Å²) in [6.07, 6.45) is 8.87. The molecule has 3 aromatic carbocycles. The van der Waals surface area contributed by atoms with Gasteiger partial charge in [-0.2, -0.15) is 11.8 Å². The van der Waals surface area contributed by atoms with E-state index in [-0.39, 0.29) is 0 Å². The molecule has 0 amide bonds. The molecule has 1 aliphatic rings. The van der Waals surface area contributed by atoms with Crippen LogP contribution in [-0.2, 0) is 12.0 Å². The van der Waals surface area contributed by atoms with Crippen molar-refractivity contribution in [1.82, 2.24) is 4.98 Å². The Labute approximate surface area is 236 Å². The fraction of sp³-hybridized carbons (Fsp3) is 0.324. The number of fused-ring (bicyclic) bond motifs is 1. The quantitative estimate of drug-likeness (QED) is 0.217. The zero-order valence-corrected chi connectivity index (χ0v) is 24.0. The highest BCUT2D eigenvalue weighted by molar-refractivity contribution is 7.99. The Balaban J connectivity index is 1.36. The summed E-state index contributed by atoms with van der Waals surface area (Å²) in [5.74, 6) is 1.19. The van der Waals surface area contributed by atoms with Crippen LogP contribution in [-0.4, -0.2) is 15.8 Å². The molecule has 4 heteroatoms. The Morgan fingerprint density at radius 1 is 1.00 bits per heavy atom. The maximum absolute atomic E-state index is 10.7. The number of nitrogens with zero attached hydrogens (tertiary/aromatic N) is 1. The monoisotopic (exact) mass is 541 g/mol. The van der Waals surface area contributed by atoms with Crippen molar-refractivity contribution < 1.29 is 5.11 Å². The summed E-state index contributed by atoms with van der Waals surface area (Å²) in [5, 5.41) is 12.9. The summed E-state index contributed by atoms with van der Waals surface area (Å²) in [6.45, 7) is 6.16. The van der Waals surface area contributed by atoms with Crippen LogP contribution in [0.1, 0.15) is 73.2 Å². The second-order valence-electron chi connectivity index (χ2n) is 11.4. The van der Waals surface area contributed by atoms with Gasteiger partial charge >= 0.3 is 0 Å². The fourth-order valence-electron chi connectivity index (χ4n) is 4.87. The molecule has 1 unspecified atom stereocenters. The molecule has 0 aliphatic heterocycles. The summed E-state index contributed by atoms with van der Waals surface area (Å²) < 4.78 is 0. The van der Waals surface area contributed by atoms with E-state index in [2.05, 4.69) is 79.4 Å². The van der Waals surface area contributed by atoms with Crippen molar-refractivity contribution in [3.63, 3.8) is 0 Å². The van der Waals surface area contributed by atoms with Gasteiger partial charge in [0.1, 0.15) is 0 Å². The van der Waals surface area contributed by atoms with Crippen molar-refractivity contribution in [3.05, 3.63) is 112 Å². The second kappa shape index (κ2) is 11.3. The van der Waals surface area contributed by atoms with Gasteiger partial charge in [0.2, 0.25) is 0 Å². The standard InChI is InChI=1S/C34H36ClNOS/c1-33(2,37)30-10-5-4-8-25(30)14-18-32(38-23-34(3)19-20-34)27-9-6-7-24(21-27)11-16-29-17-13-26-12-15-28(35)22-31(26)36-29/h4-13,15-17,21-22,32,37H,14,18-20,23H2,1-3H3/b16-11+. The molecule has 1 heterocycles. The number of benzene rings is 3. The molecule has 0 radical (unpaired) electrons. The third-order valence-electron chi connectivity index (χ3n) is 7.49. The molecule has 0 spiro atoms. The molecule has 196 valence electrons. The van der Waals surface area contributed by atoms with E-state index in [1.165, 1.54) is 35.3 Å². The number of aromatic nitrogens is 1. The van der Waals surface area contributed by atoms with Crippen molar-refractivity contribution >= 4 is 46.4 Å². The van der Waals surface area contributed by atoms with Crippen molar-refractivity contribution in [3.8, 4) is 0 Å². The third kappa shape index (κ3) is 6.88. The highest BCUT2D eigenvalue weighted by atomic mass is 35.5. The molecule has 5 rings (SSSR count). The first-order valence-corrected chi connectivity index (χ1v) is 14.9. The number of aryl methyl sites for hydroxylation is 1. The Hall–Kier alpha value is -2.59. The number of pyridine rings is 1. The van der Waals surface area contributed by atoms with Gasteiger partial charge in [-0.25, -0.2) is 4.98 Å². The summed E-state index contributed by atoms with van der Waals surface area (Å²) in [6, 6.07) is 27.2. The topological polar surface area (TPSA) is 33.1 Å². The number of hydrogen-bond acceptors (Lipinski definition) is 3. The molecular weight excluding hydrogens is 506 g/mol. The summed E-state index contributed by atoms with van der Waals surface area (Å²) in [5.41, 5.74) is 6.28. The van der Waals surface area contributed by atoms with Gasteiger partial charge in [0.15, 0.2) is 0 Å². The lowest BCUT2D eigenvalue weighted by Gasteiger charge is -2.24. The third-order valence-corrected chi connectivity index (χ3v) is 9.50. The fourth-order valence-corrected chi connectivity index (χ4v) is 6.55. The van der Waals surface area contributed by atoms with E-state index in [0.717, 1.165) is 35.0 Å². The molecule has 2 nitrogen and oxygen atoms in total. The lowest BCUT2D eigenvalue weighted by atomic mass is 9.90. The SMILES string of the molecule is CC1(CSC(CCc2ccccc2C(C)(C)O)c2cccc(/C=C/c3ccc4ccc(Cl)cc4n3)c2)CC1. The zero-order valence-electron chi connectivity index (χ0n) is 22.5. The van der Waals surface area contributed by atoms with Crippen LogP contribution in [0.4, 0.5) is 0 Å². The molecule has 1 aliphatic carbocycles. The minimum absolute atomic E-state index is 0.400. The molecule has 1 N–H and O–H groups in total. The van der Waals surface area contributed by atoms with Crippen molar-refractivity contribution in [2.24, 2.45) is 5.41 Å². The molecule has 0 saturated heterocycles. The zero-order chi connectivity index (χ0) is 26.8. The van der Waals surface area contributed by atoms with Crippen molar-refractivity contribution in [2.45, 2.75) is 57.3 Å². The van der Waals surface area contributed by atoms with Gasteiger partial charge in [-0.05, 0) is 97.2 Å². The van der Waals surface area contributed by atoms with Crippen LogP contribution < -0.4 is 0 Å². The van der Waals surface area contributed by atoms with Crippen LogP contribution in [0.25, 0.3) is 23.1 Å². The van der Waals surface area contributed by atoms with Crippen LogP contribution in [0.2, 0.25) is 5.02 Å². The number of rotatable bonds is 10. The highest BCUT2D eigenvalue weighted by Crippen LogP contribution is 2.50.